The highest BCUT2D eigenvalue weighted by Gasteiger charge is 2.23. The molecule has 0 saturated heterocycles. The molecule has 0 aliphatic heterocycles. The molecule has 0 radical (unpaired) electrons. The van der Waals surface area contributed by atoms with Crippen LogP contribution in [0.4, 0.5) is 0 Å². The van der Waals surface area contributed by atoms with Crippen LogP contribution in [0.25, 0.3) is 0 Å². The van der Waals surface area contributed by atoms with Gasteiger partial charge in [0.25, 0.3) is 0 Å². The highest BCUT2D eigenvalue weighted by atomic mass is 14.9. The van der Waals surface area contributed by atoms with Crippen molar-refractivity contribution in [2.75, 3.05) is 6.54 Å². The first-order valence-corrected chi connectivity index (χ1v) is 7.43. The van der Waals surface area contributed by atoms with Crippen LogP contribution >= 0.6 is 0 Å². The van der Waals surface area contributed by atoms with Crippen molar-refractivity contribution in [1.29, 1.82) is 0 Å². The topological polar surface area (TPSA) is 12.0 Å². The van der Waals surface area contributed by atoms with E-state index >= 15 is 0 Å². The summed E-state index contributed by atoms with van der Waals surface area (Å²) in [5.41, 5.74) is 2.91. The lowest BCUT2D eigenvalue weighted by atomic mass is 9.80. The van der Waals surface area contributed by atoms with Crippen molar-refractivity contribution in [2.45, 2.75) is 52.5 Å². The van der Waals surface area contributed by atoms with Crippen LogP contribution in [0.1, 0.15) is 44.2 Å². The van der Waals surface area contributed by atoms with Gasteiger partial charge in [-0.3, -0.25) is 0 Å². The number of nitrogens with one attached hydrogen (secondary N) is 1. The fraction of sp³-hybridized carbons (Fsp3) is 0.647. The van der Waals surface area contributed by atoms with Crippen molar-refractivity contribution < 1.29 is 0 Å². The molecule has 2 rings (SSSR count). The molecule has 1 aliphatic carbocycles. The van der Waals surface area contributed by atoms with Crippen molar-refractivity contribution in [3.63, 3.8) is 0 Å². The molecule has 2 unspecified atom stereocenters. The standard InChI is InChI=1S/C17H27N/c1-13-10-14(2)12-17(11-13)18-9-8-16-7-5-4-6-15(16)3/h4-7,13-14,17-18H,8-12H2,1-3H3. The van der Waals surface area contributed by atoms with Crippen LogP contribution in [0.15, 0.2) is 24.3 Å². The smallest absolute Gasteiger partial charge is 0.00722 e. The minimum atomic E-state index is 0.743. The quantitative estimate of drug-likeness (QED) is 0.847. The van der Waals surface area contributed by atoms with Gasteiger partial charge in [-0.25, -0.2) is 0 Å². The van der Waals surface area contributed by atoms with Gasteiger partial charge in [-0.05, 0) is 62.1 Å². The molecule has 1 heteroatoms. The predicted molar refractivity (Wildman–Crippen MR) is 78.9 cm³/mol. The Hall–Kier alpha value is -0.820. The van der Waals surface area contributed by atoms with Crippen LogP contribution in [-0.2, 0) is 6.42 Å². The third kappa shape index (κ3) is 3.84. The molecule has 1 nitrogen and oxygen atoms in total. The molecule has 1 aliphatic rings. The molecule has 1 aromatic rings. The summed E-state index contributed by atoms with van der Waals surface area (Å²) in [5.74, 6) is 1.79. The van der Waals surface area contributed by atoms with Gasteiger partial charge in [0, 0.05) is 6.04 Å². The molecule has 0 aromatic heterocycles. The summed E-state index contributed by atoms with van der Waals surface area (Å²) >= 11 is 0. The van der Waals surface area contributed by atoms with E-state index in [9.17, 15) is 0 Å². The van der Waals surface area contributed by atoms with E-state index in [0.717, 1.165) is 30.8 Å². The van der Waals surface area contributed by atoms with Crippen LogP contribution in [0.2, 0.25) is 0 Å². The minimum Gasteiger partial charge on any atom is -0.314 e. The van der Waals surface area contributed by atoms with E-state index in [1.54, 1.807) is 0 Å². The fourth-order valence-corrected chi connectivity index (χ4v) is 3.42. The first kappa shape index (κ1) is 13.6. The average molecular weight is 245 g/mol. The lowest BCUT2D eigenvalue weighted by molar-refractivity contribution is 0.240. The average Bonchev–Trinajstić information content (AvgIpc) is 2.30. The highest BCUT2D eigenvalue weighted by Crippen LogP contribution is 2.28. The molecule has 0 heterocycles. The van der Waals surface area contributed by atoms with E-state index in [1.807, 2.05) is 0 Å². The zero-order valence-corrected chi connectivity index (χ0v) is 12.1. The zero-order chi connectivity index (χ0) is 13.0. The number of rotatable bonds is 4. The van der Waals surface area contributed by atoms with Crippen molar-refractivity contribution in [3.8, 4) is 0 Å². The van der Waals surface area contributed by atoms with E-state index in [1.165, 1.54) is 30.4 Å². The van der Waals surface area contributed by atoms with Crippen molar-refractivity contribution in [1.82, 2.24) is 5.32 Å². The Morgan fingerprint density at radius 3 is 2.39 bits per heavy atom. The van der Waals surface area contributed by atoms with Crippen LogP contribution in [0.3, 0.4) is 0 Å². The van der Waals surface area contributed by atoms with Crippen LogP contribution in [0, 0.1) is 18.8 Å². The first-order chi connectivity index (χ1) is 8.65. The molecular weight excluding hydrogens is 218 g/mol. The molecule has 2 atom stereocenters. The van der Waals surface area contributed by atoms with Gasteiger partial charge in [0.05, 0.1) is 0 Å². The Balaban J connectivity index is 1.77. The molecule has 1 N–H and O–H groups in total. The number of hydrogen-bond acceptors (Lipinski definition) is 1. The largest absolute Gasteiger partial charge is 0.314 e. The second-order valence-electron chi connectivity index (χ2n) is 6.24. The number of benzene rings is 1. The molecule has 0 spiro atoms. The van der Waals surface area contributed by atoms with E-state index in [4.69, 9.17) is 0 Å². The van der Waals surface area contributed by atoms with Gasteiger partial charge in [-0.2, -0.15) is 0 Å². The predicted octanol–water partition coefficient (Wildman–Crippen LogP) is 3.95. The summed E-state index contributed by atoms with van der Waals surface area (Å²) in [4.78, 5) is 0. The van der Waals surface area contributed by atoms with Gasteiger partial charge in [0.2, 0.25) is 0 Å². The zero-order valence-electron chi connectivity index (χ0n) is 12.1. The second kappa shape index (κ2) is 6.38. The van der Waals surface area contributed by atoms with Gasteiger partial charge in [-0.15, -0.1) is 0 Å². The molecule has 18 heavy (non-hydrogen) atoms. The fourth-order valence-electron chi connectivity index (χ4n) is 3.42. The minimum absolute atomic E-state index is 0.743. The lowest BCUT2D eigenvalue weighted by Gasteiger charge is -2.32. The summed E-state index contributed by atoms with van der Waals surface area (Å²) in [5, 5.41) is 3.76. The van der Waals surface area contributed by atoms with Gasteiger partial charge < -0.3 is 5.32 Å². The molecule has 1 fully saturated rings. The van der Waals surface area contributed by atoms with Gasteiger partial charge in [-0.1, -0.05) is 38.1 Å². The number of aryl methyl sites for hydroxylation is 1. The maximum Gasteiger partial charge on any atom is 0.00722 e. The van der Waals surface area contributed by atoms with Gasteiger partial charge in [0.15, 0.2) is 0 Å². The van der Waals surface area contributed by atoms with Crippen molar-refractivity contribution in [3.05, 3.63) is 35.4 Å². The van der Waals surface area contributed by atoms with Crippen LogP contribution in [-0.4, -0.2) is 12.6 Å². The third-order valence-electron chi connectivity index (χ3n) is 4.27. The maximum atomic E-state index is 3.76. The Kier molecular flexibility index (Phi) is 4.82. The summed E-state index contributed by atoms with van der Waals surface area (Å²) in [7, 11) is 0. The molecule has 100 valence electrons. The van der Waals surface area contributed by atoms with E-state index in [2.05, 4.69) is 50.4 Å². The van der Waals surface area contributed by atoms with Gasteiger partial charge >= 0.3 is 0 Å². The monoisotopic (exact) mass is 245 g/mol. The summed E-state index contributed by atoms with van der Waals surface area (Å²) in [6, 6.07) is 9.47. The van der Waals surface area contributed by atoms with Crippen LogP contribution < -0.4 is 5.32 Å². The second-order valence-corrected chi connectivity index (χ2v) is 6.24. The molecule has 1 saturated carbocycles. The Bertz CT molecular complexity index is 362. The first-order valence-electron chi connectivity index (χ1n) is 7.43. The Morgan fingerprint density at radius 2 is 1.72 bits per heavy atom. The van der Waals surface area contributed by atoms with E-state index in [-0.39, 0.29) is 0 Å². The normalized spacial score (nSPS) is 28.3. The summed E-state index contributed by atoms with van der Waals surface area (Å²) in [6.07, 6.45) is 5.29. The molecule has 1 aromatic carbocycles. The summed E-state index contributed by atoms with van der Waals surface area (Å²) < 4.78 is 0. The van der Waals surface area contributed by atoms with Crippen LogP contribution in [0.5, 0.6) is 0 Å². The Morgan fingerprint density at radius 1 is 1.06 bits per heavy atom. The highest BCUT2D eigenvalue weighted by molar-refractivity contribution is 5.25. The number of hydrogen-bond donors (Lipinski definition) is 1. The SMILES string of the molecule is Cc1ccccc1CCNC1CC(C)CC(C)C1. The molecule has 0 bridgehead atoms. The third-order valence-corrected chi connectivity index (χ3v) is 4.27. The van der Waals surface area contributed by atoms with E-state index < -0.39 is 0 Å². The van der Waals surface area contributed by atoms with Gasteiger partial charge in [0.1, 0.15) is 0 Å². The van der Waals surface area contributed by atoms with E-state index in [0.29, 0.717) is 0 Å². The molecule has 0 amide bonds. The Labute approximate surface area is 112 Å². The van der Waals surface area contributed by atoms with Crippen molar-refractivity contribution in [2.24, 2.45) is 11.8 Å². The molecular formula is C17H27N. The summed E-state index contributed by atoms with van der Waals surface area (Å²) in [6.45, 7) is 8.12. The lowest BCUT2D eigenvalue weighted by Crippen LogP contribution is -2.37. The van der Waals surface area contributed by atoms with Crippen molar-refractivity contribution >= 4 is 0 Å². The maximum absolute atomic E-state index is 3.76.